The lowest BCUT2D eigenvalue weighted by Gasteiger charge is -2.32. The van der Waals surface area contributed by atoms with Gasteiger partial charge in [-0.2, -0.15) is 0 Å². The summed E-state index contributed by atoms with van der Waals surface area (Å²) in [6.07, 6.45) is 8.05. The second-order valence-corrected chi connectivity index (χ2v) is 10.0. The number of benzene rings is 3. The molecule has 0 saturated heterocycles. The highest BCUT2D eigenvalue weighted by Gasteiger charge is 2.20. The zero-order valence-electron chi connectivity index (χ0n) is 23.1. The summed E-state index contributed by atoms with van der Waals surface area (Å²) < 4.78 is 13.3. The first-order chi connectivity index (χ1) is 19.3. The van der Waals surface area contributed by atoms with Crippen molar-refractivity contribution >= 4 is 23.1 Å². The van der Waals surface area contributed by atoms with Crippen LogP contribution in [0, 0.1) is 5.82 Å². The van der Waals surface area contributed by atoms with Gasteiger partial charge in [0, 0.05) is 29.9 Å². The number of carbonyl (C=O) groups is 2. The van der Waals surface area contributed by atoms with Crippen molar-refractivity contribution in [2.45, 2.75) is 45.7 Å². The van der Waals surface area contributed by atoms with Crippen LogP contribution in [0.25, 0.3) is 5.57 Å². The van der Waals surface area contributed by atoms with Crippen molar-refractivity contribution in [1.82, 2.24) is 5.32 Å². The van der Waals surface area contributed by atoms with Gasteiger partial charge < -0.3 is 16.0 Å². The fourth-order valence-corrected chi connectivity index (χ4v) is 5.12. The molecule has 0 bridgehead atoms. The molecule has 0 aliphatic carbocycles. The predicted molar refractivity (Wildman–Crippen MR) is 160 cm³/mol. The van der Waals surface area contributed by atoms with Crippen molar-refractivity contribution in [2.75, 3.05) is 11.4 Å². The summed E-state index contributed by atoms with van der Waals surface area (Å²) in [7, 11) is 0. The van der Waals surface area contributed by atoms with Crippen LogP contribution in [-0.2, 0) is 17.8 Å². The van der Waals surface area contributed by atoms with E-state index in [4.69, 9.17) is 5.73 Å². The van der Waals surface area contributed by atoms with E-state index in [2.05, 4.69) is 28.9 Å². The van der Waals surface area contributed by atoms with Crippen LogP contribution in [0.4, 0.5) is 10.1 Å². The van der Waals surface area contributed by atoms with E-state index >= 15 is 0 Å². The van der Waals surface area contributed by atoms with E-state index in [9.17, 15) is 14.0 Å². The lowest BCUT2D eigenvalue weighted by atomic mass is 9.94. The molecule has 0 saturated carbocycles. The van der Waals surface area contributed by atoms with Crippen molar-refractivity contribution in [2.24, 2.45) is 5.73 Å². The quantitative estimate of drug-likeness (QED) is 0.173. The molecule has 5 nitrogen and oxygen atoms in total. The summed E-state index contributed by atoms with van der Waals surface area (Å²) >= 11 is 0. The third kappa shape index (κ3) is 6.75. The average Bonchev–Trinajstić information content (AvgIpc) is 2.95. The van der Waals surface area contributed by atoms with E-state index in [-0.39, 0.29) is 17.8 Å². The van der Waals surface area contributed by atoms with Gasteiger partial charge in [0.05, 0.1) is 6.04 Å². The minimum absolute atomic E-state index is 0.149. The minimum Gasteiger partial charge on any atom is -0.367 e. The van der Waals surface area contributed by atoms with Crippen LogP contribution in [-0.4, -0.2) is 18.4 Å². The number of halogens is 1. The summed E-state index contributed by atoms with van der Waals surface area (Å²) in [4.78, 5) is 27.3. The number of hydrogen-bond acceptors (Lipinski definition) is 3. The van der Waals surface area contributed by atoms with Crippen molar-refractivity contribution in [3.63, 3.8) is 0 Å². The first-order valence-electron chi connectivity index (χ1n) is 13.6. The van der Waals surface area contributed by atoms with Crippen LogP contribution in [0.1, 0.15) is 65.3 Å². The van der Waals surface area contributed by atoms with Crippen LogP contribution in [0.2, 0.25) is 0 Å². The number of hydrogen-bond donors (Lipinski definition) is 2. The van der Waals surface area contributed by atoms with Crippen LogP contribution >= 0.6 is 0 Å². The highest BCUT2D eigenvalue weighted by Crippen LogP contribution is 2.31. The molecule has 6 heteroatoms. The Morgan fingerprint density at radius 3 is 2.42 bits per heavy atom. The molecule has 3 aromatic rings. The second-order valence-electron chi connectivity index (χ2n) is 10.0. The maximum atomic E-state index is 13.3. The largest absolute Gasteiger partial charge is 0.367 e. The van der Waals surface area contributed by atoms with Gasteiger partial charge >= 0.3 is 0 Å². The molecule has 2 amide bonds. The van der Waals surface area contributed by atoms with E-state index in [1.54, 1.807) is 24.3 Å². The first-order valence-corrected chi connectivity index (χ1v) is 13.6. The van der Waals surface area contributed by atoms with Gasteiger partial charge in [-0.15, -0.1) is 6.58 Å². The fourth-order valence-electron chi connectivity index (χ4n) is 5.12. The number of aryl methyl sites for hydroxylation is 1. The van der Waals surface area contributed by atoms with Gasteiger partial charge in [0.1, 0.15) is 5.82 Å². The molecule has 1 aliphatic rings. The Morgan fingerprint density at radius 2 is 1.77 bits per heavy atom. The molecular formula is C34H36FN3O2. The molecule has 0 fully saturated rings. The number of anilines is 1. The van der Waals surface area contributed by atoms with Gasteiger partial charge in [-0.25, -0.2) is 4.39 Å². The Hall–Kier alpha value is -4.45. The fraction of sp³-hybridized carbons (Fsp3) is 0.235. The number of fused-ring (bicyclic) bond motifs is 1. The third-order valence-electron chi connectivity index (χ3n) is 7.25. The number of rotatable bonds is 10. The van der Waals surface area contributed by atoms with E-state index in [1.165, 1.54) is 12.1 Å². The van der Waals surface area contributed by atoms with E-state index in [1.807, 2.05) is 50.3 Å². The molecular weight excluding hydrogens is 501 g/mol. The smallest absolute Gasteiger partial charge is 0.251 e. The van der Waals surface area contributed by atoms with E-state index in [0.29, 0.717) is 17.6 Å². The number of amides is 2. The molecule has 3 N–H and O–H groups in total. The molecule has 0 unspecified atom stereocenters. The van der Waals surface area contributed by atoms with E-state index in [0.717, 1.165) is 59.4 Å². The Kier molecular flexibility index (Phi) is 9.33. The molecule has 3 aromatic carbocycles. The molecule has 0 radical (unpaired) electrons. The van der Waals surface area contributed by atoms with Gasteiger partial charge in [-0.3, -0.25) is 9.59 Å². The van der Waals surface area contributed by atoms with Crippen molar-refractivity contribution in [3.8, 4) is 0 Å². The van der Waals surface area contributed by atoms with Gasteiger partial charge in [-0.1, -0.05) is 54.6 Å². The molecule has 206 valence electrons. The Morgan fingerprint density at radius 1 is 1.07 bits per heavy atom. The number of carbonyl (C=O) groups excluding carboxylic acids is 2. The second kappa shape index (κ2) is 13.1. The number of nitrogens with two attached hydrogens (primary N) is 1. The summed E-state index contributed by atoms with van der Waals surface area (Å²) in [6, 6.07) is 20.0. The summed E-state index contributed by atoms with van der Waals surface area (Å²) in [5.74, 6) is -0.901. The molecule has 1 aliphatic heterocycles. The van der Waals surface area contributed by atoms with Crippen LogP contribution < -0.4 is 16.0 Å². The summed E-state index contributed by atoms with van der Waals surface area (Å²) in [6.45, 7) is 9.14. The van der Waals surface area contributed by atoms with Crippen molar-refractivity contribution in [1.29, 1.82) is 0 Å². The van der Waals surface area contributed by atoms with Gasteiger partial charge in [0.2, 0.25) is 5.91 Å². The first kappa shape index (κ1) is 28.6. The van der Waals surface area contributed by atoms with Crippen LogP contribution in [0.3, 0.4) is 0 Å². The lowest BCUT2D eigenvalue weighted by molar-refractivity contribution is -0.114. The Labute approximate surface area is 235 Å². The maximum absolute atomic E-state index is 13.3. The number of primary amides is 1. The zero-order chi connectivity index (χ0) is 28.6. The SMILES string of the molecule is C=CC/C=C(\C(=C/C)C(N)=O)c1ccc(CN2CCCc3cc(C(=O)N[C@@H](C)c4ccc(F)cc4)ccc32)cc1. The zero-order valence-corrected chi connectivity index (χ0v) is 23.1. The summed E-state index contributed by atoms with van der Waals surface area (Å²) in [5, 5.41) is 3.02. The molecule has 0 aromatic heterocycles. The van der Waals surface area contributed by atoms with Gasteiger partial charge in [0.25, 0.3) is 5.91 Å². The topological polar surface area (TPSA) is 75.4 Å². The van der Waals surface area contributed by atoms with Crippen LogP contribution in [0.5, 0.6) is 0 Å². The van der Waals surface area contributed by atoms with Crippen molar-refractivity contribution < 1.29 is 14.0 Å². The highest BCUT2D eigenvalue weighted by molar-refractivity contribution is 6.08. The molecule has 1 heterocycles. The monoisotopic (exact) mass is 537 g/mol. The molecule has 4 rings (SSSR count). The standard InChI is InChI=1S/C34H36FN3O2/c1-4-6-9-31(30(5-2)33(36)39)26-12-10-24(11-13-26)22-38-20-7-8-27-21-28(16-19-32(27)38)34(40)37-23(3)25-14-17-29(35)18-15-25/h4-5,9-19,21,23H,1,6-8,20,22H2,2-3H3,(H2,36,39)(H,37,40)/b30-5+,31-9-/t23-/m0/s1. The number of nitrogens with zero attached hydrogens (tertiary/aromatic N) is 1. The lowest BCUT2D eigenvalue weighted by Crippen LogP contribution is -2.30. The van der Waals surface area contributed by atoms with Gasteiger partial charge in [-0.05, 0) is 91.3 Å². The Balaban J connectivity index is 1.48. The summed E-state index contributed by atoms with van der Waals surface area (Å²) in [5.41, 5.74) is 12.8. The highest BCUT2D eigenvalue weighted by atomic mass is 19.1. The number of allylic oxidation sites excluding steroid dienone is 3. The normalized spacial score (nSPS) is 14.3. The molecule has 40 heavy (non-hydrogen) atoms. The van der Waals surface area contributed by atoms with Crippen molar-refractivity contribution in [3.05, 3.63) is 131 Å². The van der Waals surface area contributed by atoms with Gasteiger partial charge in [0.15, 0.2) is 0 Å². The average molecular weight is 538 g/mol. The van der Waals surface area contributed by atoms with Crippen LogP contribution in [0.15, 0.2) is 97.1 Å². The third-order valence-corrected chi connectivity index (χ3v) is 7.25. The van der Waals surface area contributed by atoms with E-state index < -0.39 is 5.91 Å². The maximum Gasteiger partial charge on any atom is 0.251 e. The molecule has 0 spiro atoms. The Bertz CT molecular complexity index is 1440. The molecule has 1 atom stereocenters. The predicted octanol–water partition coefficient (Wildman–Crippen LogP) is 6.66. The number of nitrogens with one attached hydrogen (secondary N) is 1. The minimum atomic E-state index is -0.454.